The molecular formula is C24H33N3O4. The predicted molar refractivity (Wildman–Crippen MR) is 119 cm³/mol. The number of aromatic nitrogens is 1. The summed E-state index contributed by atoms with van der Waals surface area (Å²) in [5, 5.41) is 4.23. The van der Waals surface area contributed by atoms with Gasteiger partial charge in [0.15, 0.2) is 0 Å². The summed E-state index contributed by atoms with van der Waals surface area (Å²) in [5.41, 5.74) is 0.559. The highest BCUT2D eigenvalue weighted by Gasteiger charge is 2.47. The van der Waals surface area contributed by atoms with Crippen molar-refractivity contribution in [1.29, 1.82) is 0 Å². The molecule has 7 nitrogen and oxygen atoms in total. The zero-order valence-electron chi connectivity index (χ0n) is 18.8. The van der Waals surface area contributed by atoms with Gasteiger partial charge in [-0.05, 0) is 44.4 Å². The van der Waals surface area contributed by atoms with Crippen molar-refractivity contribution in [3.8, 4) is 5.75 Å². The van der Waals surface area contributed by atoms with Gasteiger partial charge in [0.25, 0.3) is 5.91 Å². The van der Waals surface area contributed by atoms with E-state index in [1.165, 1.54) is 6.42 Å². The van der Waals surface area contributed by atoms with Gasteiger partial charge in [0.1, 0.15) is 17.0 Å². The lowest BCUT2D eigenvalue weighted by molar-refractivity contribution is -0.133. The second-order valence-corrected chi connectivity index (χ2v) is 8.93. The zero-order chi connectivity index (χ0) is 22.0. The molecule has 1 fully saturated rings. The van der Waals surface area contributed by atoms with E-state index in [9.17, 15) is 9.59 Å². The minimum Gasteiger partial charge on any atom is -0.497 e. The van der Waals surface area contributed by atoms with Gasteiger partial charge in [0.05, 0.1) is 19.2 Å². The fourth-order valence-electron chi connectivity index (χ4n) is 4.96. The molecule has 1 aliphatic carbocycles. The summed E-state index contributed by atoms with van der Waals surface area (Å²) in [6.45, 7) is 3.33. The fraction of sp³-hybridized carbons (Fsp3) is 0.583. The third-order valence-corrected chi connectivity index (χ3v) is 6.80. The van der Waals surface area contributed by atoms with Gasteiger partial charge < -0.3 is 24.3 Å². The molecule has 1 aromatic carbocycles. The van der Waals surface area contributed by atoms with Crippen LogP contribution in [0.15, 0.2) is 24.3 Å². The van der Waals surface area contributed by atoms with E-state index in [-0.39, 0.29) is 17.9 Å². The van der Waals surface area contributed by atoms with E-state index in [0.717, 1.165) is 42.3 Å². The summed E-state index contributed by atoms with van der Waals surface area (Å²) in [6.07, 6.45) is 6.21. The molecule has 1 saturated carbocycles. The van der Waals surface area contributed by atoms with Crippen LogP contribution in [-0.4, -0.2) is 60.2 Å². The van der Waals surface area contributed by atoms with Crippen molar-refractivity contribution >= 4 is 22.7 Å². The number of methoxy groups -OCH3 is 2. The number of benzene rings is 1. The number of carbonyl (C=O) groups is 2. The highest BCUT2D eigenvalue weighted by Crippen LogP contribution is 2.34. The third-order valence-electron chi connectivity index (χ3n) is 6.80. The maximum absolute atomic E-state index is 13.6. The summed E-state index contributed by atoms with van der Waals surface area (Å²) in [5.74, 6) is 0.552. The summed E-state index contributed by atoms with van der Waals surface area (Å²) in [7, 11) is 3.28. The molecule has 2 amide bonds. The third kappa shape index (κ3) is 4.03. The van der Waals surface area contributed by atoms with Crippen molar-refractivity contribution in [2.24, 2.45) is 0 Å². The van der Waals surface area contributed by atoms with Crippen molar-refractivity contribution in [3.05, 3.63) is 30.0 Å². The van der Waals surface area contributed by atoms with Crippen molar-refractivity contribution in [3.63, 3.8) is 0 Å². The molecule has 2 heterocycles. The van der Waals surface area contributed by atoms with Gasteiger partial charge in [-0.15, -0.1) is 0 Å². The van der Waals surface area contributed by atoms with Crippen LogP contribution in [0.4, 0.5) is 0 Å². The maximum atomic E-state index is 13.6. The molecule has 1 atom stereocenters. The highest BCUT2D eigenvalue weighted by molar-refractivity contribution is 6.03. The van der Waals surface area contributed by atoms with E-state index in [1.807, 2.05) is 35.8 Å². The quantitative estimate of drug-likeness (QED) is 0.688. The first kappa shape index (κ1) is 21.7. The Morgan fingerprint density at radius 3 is 2.68 bits per heavy atom. The number of carbonyl (C=O) groups excluding carboxylic acids is 2. The van der Waals surface area contributed by atoms with Crippen LogP contribution in [0.3, 0.4) is 0 Å². The van der Waals surface area contributed by atoms with E-state index < -0.39 is 5.54 Å². The van der Waals surface area contributed by atoms with Crippen LogP contribution in [0.1, 0.15) is 55.9 Å². The molecule has 1 aromatic heterocycles. The standard InChI is InChI=1S/C24H33N3O4/c1-24(23(29)25-18-8-5-4-6-9-18)16-26-20-15-19(31-3)11-10-17(20)14-21(26)22(28)27(24)12-7-13-30-2/h10-11,14-15,18H,4-9,12-13,16H2,1-3H3,(H,25,29)/t24-/m0/s1. The molecule has 31 heavy (non-hydrogen) atoms. The molecule has 0 bridgehead atoms. The molecule has 0 saturated heterocycles. The Morgan fingerprint density at radius 1 is 1.19 bits per heavy atom. The van der Waals surface area contributed by atoms with Crippen molar-refractivity contribution in [1.82, 2.24) is 14.8 Å². The number of hydrogen-bond acceptors (Lipinski definition) is 4. The molecule has 1 N–H and O–H groups in total. The largest absolute Gasteiger partial charge is 0.497 e. The van der Waals surface area contributed by atoms with Crippen LogP contribution in [0, 0.1) is 0 Å². The van der Waals surface area contributed by atoms with Crippen LogP contribution in [0.2, 0.25) is 0 Å². The number of rotatable bonds is 7. The second-order valence-electron chi connectivity index (χ2n) is 8.93. The Balaban J connectivity index is 1.71. The molecule has 2 aliphatic rings. The van der Waals surface area contributed by atoms with E-state index >= 15 is 0 Å². The topological polar surface area (TPSA) is 72.8 Å². The minimum absolute atomic E-state index is 0.0689. The summed E-state index contributed by atoms with van der Waals surface area (Å²) in [4.78, 5) is 28.9. The monoisotopic (exact) mass is 427 g/mol. The van der Waals surface area contributed by atoms with Gasteiger partial charge in [0.2, 0.25) is 5.91 Å². The average Bonchev–Trinajstić information content (AvgIpc) is 3.14. The van der Waals surface area contributed by atoms with Crippen molar-refractivity contribution in [2.75, 3.05) is 27.4 Å². The number of ether oxygens (including phenoxy) is 2. The van der Waals surface area contributed by atoms with Crippen LogP contribution in [-0.2, 0) is 16.1 Å². The molecule has 0 spiro atoms. The van der Waals surface area contributed by atoms with Gasteiger partial charge in [0, 0.05) is 37.8 Å². The van der Waals surface area contributed by atoms with Crippen LogP contribution in [0.25, 0.3) is 10.9 Å². The van der Waals surface area contributed by atoms with Crippen LogP contribution < -0.4 is 10.1 Å². The van der Waals surface area contributed by atoms with Crippen molar-refractivity contribution < 1.29 is 19.1 Å². The first-order valence-electron chi connectivity index (χ1n) is 11.3. The summed E-state index contributed by atoms with van der Waals surface area (Å²) >= 11 is 0. The Bertz CT molecular complexity index is 963. The fourth-order valence-corrected chi connectivity index (χ4v) is 4.96. The number of fused-ring (bicyclic) bond motifs is 3. The van der Waals surface area contributed by atoms with Crippen molar-refractivity contribution in [2.45, 2.75) is 63.6 Å². The number of nitrogens with one attached hydrogen (secondary N) is 1. The SMILES string of the molecule is COCCCN1C(=O)c2cc3ccc(OC)cc3n2C[C@@]1(C)C(=O)NC1CCCCC1. The van der Waals surface area contributed by atoms with Gasteiger partial charge in [-0.3, -0.25) is 9.59 Å². The molecular weight excluding hydrogens is 394 g/mol. The molecule has 0 radical (unpaired) electrons. The van der Waals surface area contributed by atoms with Gasteiger partial charge in [-0.1, -0.05) is 19.3 Å². The van der Waals surface area contributed by atoms with E-state index in [1.54, 1.807) is 19.1 Å². The number of hydrogen-bond donors (Lipinski definition) is 1. The summed E-state index contributed by atoms with van der Waals surface area (Å²) < 4.78 is 12.6. The Labute approximate surface area is 183 Å². The lowest BCUT2D eigenvalue weighted by atomic mass is 9.91. The Morgan fingerprint density at radius 2 is 1.97 bits per heavy atom. The smallest absolute Gasteiger partial charge is 0.271 e. The van der Waals surface area contributed by atoms with Gasteiger partial charge >= 0.3 is 0 Å². The van der Waals surface area contributed by atoms with E-state index in [0.29, 0.717) is 31.8 Å². The summed E-state index contributed by atoms with van der Waals surface area (Å²) in [6, 6.07) is 7.90. The minimum atomic E-state index is -0.968. The van der Waals surface area contributed by atoms with E-state index in [4.69, 9.17) is 9.47 Å². The molecule has 4 rings (SSSR count). The first-order valence-corrected chi connectivity index (χ1v) is 11.3. The normalized spacial score (nSPS) is 21.9. The lowest BCUT2D eigenvalue weighted by Crippen LogP contribution is -2.65. The predicted octanol–water partition coefficient (Wildman–Crippen LogP) is 3.35. The number of amides is 2. The van der Waals surface area contributed by atoms with Gasteiger partial charge in [-0.25, -0.2) is 0 Å². The molecule has 7 heteroatoms. The second kappa shape index (κ2) is 8.91. The first-order chi connectivity index (χ1) is 15.0. The van der Waals surface area contributed by atoms with Gasteiger partial charge in [-0.2, -0.15) is 0 Å². The molecule has 168 valence electrons. The maximum Gasteiger partial charge on any atom is 0.271 e. The van der Waals surface area contributed by atoms with E-state index in [2.05, 4.69) is 5.32 Å². The molecule has 1 aliphatic heterocycles. The zero-order valence-corrected chi connectivity index (χ0v) is 18.8. The lowest BCUT2D eigenvalue weighted by Gasteiger charge is -2.45. The molecule has 2 aromatic rings. The van der Waals surface area contributed by atoms with Crippen LogP contribution in [0.5, 0.6) is 5.75 Å². The van der Waals surface area contributed by atoms with Crippen LogP contribution >= 0.6 is 0 Å². The Hall–Kier alpha value is -2.54. The average molecular weight is 428 g/mol. The molecule has 0 unspecified atom stereocenters. The Kier molecular flexibility index (Phi) is 6.23. The number of nitrogens with zero attached hydrogens (tertiary/aromatic N) is 2. The highest BCUT2D eigenvalue weighted by atomic mass is 16.5.